The van der Waals surface area contributed by atoms with Crippen LogP contribution in [0.3, 0.4) is 0 Å². The fraction of sp³-hybridized carbons (Fsp3) is 0.700. The van der Waals surface area contributed by atoms with Crippen molar-refractivity contribution in [2.45, 2.75) is 25.3 Å². The number of carbonyl (C=O) groups excluding carboxylic acids is 1. The molecule has 1 atom stereocenters. The molecule has 0 aromatic rings. The van der Waals surface area contributed by atoms with Crippen LogP contribution in [0.1, 0.15) is 19.3 Å². The quantitative estimate of drug-likeness (QED) is 0.372. The molecule has 1 unspecified atom stereocenters. The van der Waals surface area contributed by atoms with Crippen molar-refractivity contribution in [3.05, 3.63) is 12.2 Å². The lowest BCUT2D eigenvalue weighted by atomic mass is 10.1. The van der Waals surface area contributed by atoms with Crippen LogP contribution in [-0.2, 0) is 4.79 Å². The first-order valence-electron chi connectivity index (χ1n) is 4.73. The van der Waals surface area contributed by atoms with Crippen LogP contribution in [0.5, 0.6) is 0 Å². The van der Waals surface area contributed by atoms with Gasteiger partial charge in [-0.1, -0.05) is 12.2 Å². The molecule has 1 aliphatic heterocycles. The molecule has 1 heterocycles. The maximum atomic E-state index is 9.74. The Labute approximate surface area is 79.1 Å². The normalized spacial score (nSPS) is 23.6. The van der Waals surface area contributed by atoms with Gasteiger partial charge in [0.1, 0.15) is 0 Å². The molecule has 1 fully saturated rings. The largest absolute Gasteiger partial charge is 0.303 e. The molecule has 72 valence electrons. The van der Waals surface area contributed by atoms with Crippen molar-refractivity contribution in [1.29, 1.82) is 0 Å². The van der Waals surface area contributed by atoms with Crippen molar-refractivity contribution in [2.75, 3.05) is 20.1 Å². The molecular formula is C10H16N2O. The summed E-state index contributed by atoms with van der Waals surface area (Å²) >= 11 is 0. The highest BCUT2D eigenvalue weighted by Crippen LogP contribution is 2.17. The van der Waals surface area contributed by atoms with E-state index in [1.807, 2.05) is 6.08 Å². The summed E-state index contributed by atoms with van der Waals surface area (Å²) in [6.07, 6.45) is 9.22. The SMILES string of the molecule is CN1CCCC1C/C=C\CN=C=O. The van der Waals surface area contributed by atoms with Crippen LogP contribution in [0.25, 0.3) is 0 Å². The average molecular weight is 180 g/mol. The highest BCUT2D eigenvalue weighted by atomic mass is 16.1. The Bertz CT molecular complexity index is 219. The molecule has 1 rings (SSSR count). The van der Waals surface area contributed by atoms with Gasteiger partial charge in [0.05, 0.1) is 6.54 Å². The van der Waals surface area contributed by atoms with E-state index in [1.54, 1.807) is 0 Å². The van der Waals surface area contributed by atoms with Gasteiger partial charge >= 0.3 is 0 Å². The highest BCUT2D eigenvalue weighted by Gasteiger charge is 2.18. The first-order chi connectivity index (χ1) is 6.34. The lowest BCUT2D eigenvalue weighted by molar-refractivity contribution is 0.312. The summed E-state index contributed by atoms with van der Waals surface area (Å²) in [6.45, 7) is 1.69. The third-order valence-corrected chi connectivity index (χ3v) is 2.51. The van der Waals surface area contributed by atoms with Gasteiger partial charge in [0.15, 0.2) is 0 Å². The summed E-state index contributed by atoms with van der Waals surface area (Å²) in [6, 6.07) is 0.691. The second-order valence-corrected chi connectivity index (χ2v) is 3.42. The van der Waals surface area contributed by atoms with E-state index >= 15 is 0 Å². The van der Waals surface area contributed by atoms with Crippen LogP contribution < -0.4 is 0 Å². The fourth-order valence-electron chi connectivity index (χ4n) is 1.69. The zero-order valence-electron chi connectivity index (χ0n) is 8.07. The summed E-state index contributed by atoms with van der Waals surface area (Å²) in [5.74, 6) is 0. The molecule has 0 amide bonds. The van der Waals surface area contributed by atoms with Crippen LogP contribution >= 0.6 is 0 Å². The van der Waals surface area contributed by atoms with Gasteiger partial charge in [0.25, 0.3) is 0 Å². The van der Waals surface area contributed by atoms with Crippen molar-refractivity contribution in [2.24, 2.45) is 4.99 Å². The number of isocyanates is 1. The lowest BCUT2D eigenvalue weighted by Gasteiger charge is -2.16. The highest BCUT2D eigenvalue weighted by molar-refractivity contribution is 5.33. The van der Waals surface area contributed by atoms with E-state index in [0.717, 1.165) is 6.42 Å². The number of nitrogens with zero attached hydrogens (tertiary/aromatic N) is 2. The Balaban J connectivity index is 2.17. The van der Waals surface area contributed by atoms with Gasteiger partial charge in [-0.15, -0.1) is 0 Å². The van der Waals surface area contributed by atoms with Crippen LogP contribution in [0, 0.1) is 0 Å². The second kappa shape index (κ2) is 5.68. The van der Waals surface area contributed by atoms with Crippen molar-refractivity contribution in [1.82, 2.24) is 4.90 Å². The predicted molar refractivity (Wildman–Crippen MR) is 52.4 cm³/mol. The fourth-order valence-corrected chi connectivity index (χ4v) is 1.69. The predicted octanol–water partition coefficient (Wildman–Crippen LogP) is 1.36. The molecule has 0 aromatic carbocycles. The number of likely N-dealkylation sites (tertiary alicyclic amines) is 1. The minimum Gasteiger partial charge on any atom is -0.303 e. The monoisotopic (exact) mass is 180 g/mol. The summed E-state index contributed by atoms with van der Waals surface area (Å²) in [5, 5.41) is 0. The standard InChI is InChI=1S/C10H16N2O/c1-12-8-4-6-10(12)5-2-3-7-11-9-13/h2-3,10H,4-8H2,1H3/b3-2-. The molecule has 0 radical (unpaired) electrons. The molecule has 0 N–H and O–H groups in total. The lowest BCUT2D eigenvalue weighted by Crippen LogP contribution is -2.23. The van der Waals surface area contributed by atoms with Crippen LogP contribution in [-0.4, -0.2) is 37.2 Å². The van der Waals surface area contributed by atoms with Crippen molar-refractivity contribution < 1.29 is 4.79 Å². The van der Waals surface area contributed by atoms with E-state index in [9.17, 15) is 4.79 Å². The second-order valence-electron chi connectivity index (χ2n) is 3.42. The van der Waals surface area contributed by atoms with Crippen LogP contribution in [0.2, 0.25) is 0 Å². The zero-order valence-corrected chi connectivity index (χ0v) is 8.07. The Kier molecular flexibility index (Phi) is 4.44. The maximum Gasteiger partial charge on any atom is 0.235 e. The average Bonchev–Trinajstić information content (AvgIpc) is 2.52. The van der Waals surface area contributed by atoms with Gasteiger partial charge in [-0.3, -0.25) is 0 Å². The summed E-state index contributed by atoms with van der Waals surface area (Å²) < 4.78 is 0. The molecular weight excluding hydrogens is 164 g/mol. The van der Waals surface area contributed by atoms with Crippen LogP contribution in [0.15, 0.2) is 17.1 Å². The number of hydrogen-bond acceptors (Lipinski definition) is 3. The van der Waals surface area contributed by atoms with E-state index in [0.29, 0.717) is 12.6 Å². The first-order valence-corrected chi connectivity index (χ1v) is 4.73. The minimum absolute atomic E-state index is 0.472. The smallest absolute Gasteiger partial charge is 0.235 e. The molecule has 0 aliphatic carbocycles. The molecule has 3 heteroatoms. The Hall–Kier alpha value is -0.920. The third kappa shape index (κ3) is 3.53. The molecule has 1 saturated heterocycles. The summed E-state index contributed by atoms with van der Waals surface area (Å²) in [4.78, 5) is 15.6. The summed E-state index contributed by atoms with van der Waals surface area (Å²) in [7, 11) is 2.16. The van der Waals surface area contributed by atoms with E-state index in [-0.39, 0.29) is 0 Å². The molecule has 0 aromatic heterocycles. The number of rotatable bonds is 4. The molecule has 3 nitrogen and oxygen atoms in total. The van der Waals surface area contributed by atoms with Crippen LogP contribution in [0.4, 0.5) is 0 Å². The molecule has 0 bridgehead atoms. The van der Waals surface area contributed by atoms with Gasteiger partial charge in [0.2, 0.25) is 6.08 Å². The topological polar surface area (TPSA) is 32.7 Å². The van der Waals surface area contributed by atoms with Crippen molar-refractivity contribution >= 4 is 6.08 Å². The summed E-state index contributed by atoms with van der Waals surface area (Å²) in [5.41, 5.74) is 0. The zero-order chi connectivity index (χ0) is 9.52. The van der Waals surface area contributed by atoms with Gasteiger partial charge < -0.3 is 4.90 Å². The first kappa shape index (κ1) is 10.2. The Morgan fingerprint density at radius 3 is 3.08 bits per heavy atom. The van der Waals surface area contributed by atoms with E-state index in [1.165, 1.54) is 25.5 Å². The third-order valence-electron chi connectivity index (χ3n) is 2.51. The van der Waals surface area contributed by atoms with E-state index < -0.39 is 0 Å². The Morgan fingerprint density at radius 2 is 2.46 bits per heavy atom. The molecule has 1 aliphatic rings. The van der Waals surface area contributed by atoms with Gasteiger partial charge in [-0.2, -0.15) is 0 Å². The minimum atomic E-state index is 0.472. The van der Waals surface area contributed by atoms with Crippen molar-refractivity contribution in [3.8, 4) is 0 Å². The van der Waals surface area contributed by atoms with Gasteiger partial charge in [-0.25, -0.2) is 9.79 Å². The van der Waals surface area contributed by atoms with Gasteiger partial charge in [0, 0.05) is 6.04 Å². The Morgan fingerprint density at radius 1 is 1.62 bits per heavy atom. The molecule has 0 saturated carbocycles. The maximum absolute atomic E-state index is 9.74. The van der Waals surface area contributed by atoms with E-state index in [2.05, 4.69) is 23.0 Å². The molecule has 13 heavy (non-hydrogen) atoms. The van der Waals surface area contributed by atoms with E-state index in [4.69, 9.17) is 0 Å². The molecule has 0 spiro atoms. The van der Waals surface area contributed by atoms with Crippen molar-refractivity contribution in [3.63, 3.8) is 0 Å². The number of hydrogen-bond donors (Lipinski definition) is 0. The number of aliphatic imine (C=N–C) groups is 1. The van der Waals surface area contributed by atoms with Gasteiger partial charge in [-0.05, 0) is 32.9 Å².